The minimum absolute atomic E-state index is 0.0646. The fraction of sp³-hybridized carbons (Fsp3) is 0.346. The molecule has 0 radical (unpaired) electrons. The van der Waals surface area contributed by atoms with Crippen LogP contribution in [0.1, 0.15) is 40.7 Å². The third-order valence-corrected chi connectivity index (χ3v) is 6.97. The largest absolute Gasteiger partial charge is 0.496 e. The highest BCUT2D eigenvalue weighted by Gasteiger charge is 2.25. The third kappa shape index (κ3) is 6.50. The Labute approximate surface area is 215 Å². The minimum Gasteiger partial charge on any atom is -0.496 e. The molecule has 1 atom stereocenters. The van der Waals surface area contributed by atoms with Gasteiger partial charge in [0.2, 0.25) is 15.9 Å². The molecule has 2 N–H and O–H groups in total. The molecule has 2 aromatic carbocycles. The van der Waals surface area contributed by atoms with E-state index in [0.717, 1.165) is 24.8 Å². The molecule has 1 saturated heterocycles. The van der Waals surface area contributed by atoms with Crippen molar-refractivity contribution in [3.8, 4) is 22.9 Å². The molecule has 1 aliphatic rings. The molecule has 0 saturated carbocycles. The molecule has 0 aliphatic carbocycles. The lowest BCUT2D eigenvalue weighted by Gasteiger charge is -2.22. The minimum atomic E-state index is -4.26. The lowest BCUT2D eigenvalue weighted by atomic mass is 9.98. The van der Waals surface area contributed by atoms with E-state index in [9.17, 15) is 13.2 Å². The Kier molecular flexibility index (Phi) is 8.82. The SMILES string of the molecule is COc1ccccc1Cc1c(OCCOC2CCCCO2)ncnc1-c1cccc(C=O)c1S(N)(=O)=O. The maximum atomic E-state index is 12.5. The molecular weight excluding hydrogens is 498 g/mol. The molecule has 196 valence electrons. The molecule has 1 fully saturated rings. The molecule has 0 amide bonds. The summed E-state index contributed by atoms with van der Waals surface area (Å²) >= 11 is 0. The van der Waals surface area contributed by atoms with Crippen molar-refractivity contribution >= 4 is 16.3 Å². The monoisotopic (exact) mass is 527 g/mol. The highest BCUT2D eigenvalue weighted by molar-refractivity contribution is 7.89. The molecule has 2 heterocycles. The summed E-state index contributed by atoms with van der Waals surface area (Å²) in [5.74, 6) is 0.885. The Hall–Kier alpha value is -3.38. The molecule has 3 aromatic rings. The van der Waals surface area contributed by atoms with E-state index in [1.807, 2.05) is 24.3 Å². The zero-order chi connectivity index (χ0) is 26.3. The van der Waals surface area contributed by atoms with Crippen LogP contribution >= 0.6 is 0 Å². The Balaban J connectivity index is 1.73. The summed E-state index contributed by atoms with van der Waals surface area (Å²) < 4.78 is 47.9. The van der Waals surface area contributed by atoms with Crippen LogP contribution in [0, 0.1) is 0 Å². The smallest absolute Gasteiger partial charge is 0.239 e. The van der Waals surface area contributed by atoms with Gasteiger partial charge in [-0.15, -0.1) is 0 Å². The van der Waals surface area contributed by atoms with Crippen molar-refractivity contribution in [2.24, 2.45) is 5.14 Å². The Morgan fingerprint density at radius 3 is 2.68 bits per heavy atom. The second kappa shape index (κ2) is 12.2. The normalized spacial score (nSPS) is 15.8. The Morgan fingerprint density at radius 2 is 1.95 bits per heavy atom. The number of para-hydroxylation sites is 1. The van der Waals surface area contributed by atoms with Crippen LogP contribution in [0.5, 0.6) is 11.6 Å². The van der Waals surface area contributed by atoms with Gasteiger partial charge in [0.25, 0.3) is 0 Å². The van der Waals surface area contributed by atoms with E-state index in [0.29, 0.717) is 24.2 Å². The summed E-state index contributed by atoms with van der Waals surface area (Å²) in [4.78, 5) is 20.1. The first kappa shape index (κ1) is 26.7. The van der Waals surface area contributed by atoms with Crippen molar-refractivity contribution in [1.29, 1.82) is 0 Å². The van der Waals surface area contributed by atoms with Crippen LogP contribution < -0.4 is 14.6 Å². The summed E-state index contributed by atoms with van der Waals surface area (Å²) in [7, 11) is -2.70. The fourth-order valence-corrected chi connectivity index (χ4v) is 5.18. The summed E-state index contributed by atoms with van der Waals surface area (Å²) in [6, 6.07) is 11.9. The van der Waals surface area contributed by atoms with E-state index in [2.05, 4.69) is 9.97 Å². The van der Waals surface area contributed by atoms with Crippen molar-refractivity contribution < 1.29 is 32.2 Å². The van der Waals surface area contributed by atoms with Crippen LogP contribution in [0.3, 0.4) is 0 Å². The zero-order valence-corrected chi connectivity index (χ0v) is 21.3. The van der Waals surface area contributed by atoms with Crippen LogP contribution in [0.15, 0.2) is 53.7 Å². The van der Waals surface area contributed by atoms with Gasteiger partial charge in [-0.1, -0.05) is 36.4 Å². The Bertz CT molecular complexity index is 1340. The van der Waals surface area contributed by atoms with Gasteiger partial charge in [0.1, 0.15) is 23.6 Å². The number of carbonyl (C=O) groups is 1. The van der Waals surface area contributed by atoms with E-state index in [1.165, 1.54) is 12.4 Å². The van der Waals surface area contributed by atoms with E-state index in [1.54, 1.807) is 19.2 Å². The molecular formula is C26H29N3O7S. The van der Waals surface area contributed by atoms with Crippen molar-refractivity contribution in [2.45, 2.75) is 36.9 Å². The number of nitrogens with two attached hydrogens (primary N) is 1. The molecule has 10 nitrogen and oxygen atoms in total. The topological polar surface area (TPSA) is 140 Å². The van der Waals surface area contributed by atoms with Crippen molar-refractivity contribution in [1.82, 2.24) is 9.97 Å². The first-order valence-electron chi connectivity index (χ1n) is 11.9. The van der Waals surface area contributed by atoms with E-state index in [-0.39, 0.29) is 53.5 Å². The number of benzene rings is 2. The van der Waals surface area contributed by atoms with Crippen molar-refractivity contribution in [3.05, 3.63) is 65.5 Å². The van der Waals surface area contributed by atoms with Gasteiger partial charge in [-0.25, -0.2) is 23.5 Å². The number of rotatable bonds is 11. The first-order valence-corrected chi connectivity index (χ1v) is 13.4. The number of hydrogen-bond acceptors (Lipinski definition) is 9. The molecule has 0 bridgehead atoms. The van der Waals surface area contributed by atoms with Gasteiger partial charge in [0.05, 0.1) is 19.4 Å². The molecule has 0 spiro atoms. The number of carbonyl (C=O) groups excluding carboxylic acids is 1. The summed E-state index contributed by atoms with van der Waals surface area (Å²) in [5.41, 5.74) is 1.71. The van der Waals surface area contributed by atoms with Gasteiger partial charge in [0.15, 0.2) is 12.6 Å². The lowest BCUT2D eigenvalue weighted by Crippen LogP contribution is -2.24. The quantitative estimate of drug-likeness (QED) is 0.294. The average molecular weight is 528 g/mol. The van der Waals surface area contributed by atoms with Crippen LogP contribution in [0.25, 0.3) is 11.3 Å². The molecule has 1 aromatic heterocycles. The molecule has 11 heteroatoms. The maximum Gasteiger partial charge on any atom is 0.239 e. The number of aldehydes is 1. The zero-order valence-electron chi connectivity index (χ0n) is 20.5. The molecule has 1 unspecified atom stereocenters. The standard InChI is InChI=1S/C26H29N3O7S/c1-33-22-10-3-2-7-18(22)15-21-24(20-9-6-8-19(16-30)25(20)37(27,31)32)28-17-29-26(21)36-14-13-35-23-11-4-5-12-34-23/h2-3,6-10,16-17,23H,4-5,11-15H2,1H3,(H2,27,31,32). The highest BCUT2D eigenvalue weighted by Crippen LogP contribution is 2.35. The maximum absolute atomic E-state index is 12.5. The predicted molar refractivity (Wildman–Crippen MR) is 135 cm³/mol. The van der Waals surface area contributed by atoms with Crippen molar-refractivity contribution in [2.75, 3.05) is 26.9 Å². The van der Waals surface area contributed by atoms with E-state index >= 15 is 0 Å². The molecule has 4 rings (SSSR count). The number of aromatic nitrogens is 2. The number of primary sulfonamides is 1. The number of hydrogen-bond donors (Lipinski definition) is 1. The summed E-state index contributed by atoms with van der Waals surface area (Å²) in [5, 5.41) is 5.52. The van der Waals surface area contributed by atoms with Crippen LogP contribution in [0.2, 0.25) is 0 Å². The van der Waals surface area contributed by atoms with Gasteiger partial charge in [-0.2, -0.15) is 0 Å². The summed E-state index contributed by atoms with van der Waals surface area (Å²) in [6.45, 7) is 1.14. The number of ether oxygens (including phenoxy) is 4. The van der Waals surface area contributed by atoms with E-state index < -0.39 is 10.0 Å². The van der Waals surface area contributed by atoms with Crippen LogP contribution in [-0.4, -0.2) is 57.9 Å². The number of nitrogens with zero attached hydrogens (tertiary/aromatic N) is 2. The van der Waals surface area contributed by atoms with Gasteiger partial charge < -0.3 is 18.9 Å². The van der Waals surface area contributed by atoms with Crippen LogP contribution in [0.4, 0.5) is 0 Å². The van der Waals surface area contributed by atoms with Gasteiger partial charge in [0, 0.05) is 29.7 Å². The highest BCUT2D eigenvalue weighted by atomic mass is 32.2. The predicted octanol–water partition coefficient (Wildman–Crippen LogP) is 3.12. The van der Waals surface area contributed by atoms with Crippen LogP contribution in [-0.2, 0) is 25.9 Å². The van der Waals surface area contributed by atoms with Crippen molar-refractivity contribution in [3.63, 3.8) is 0 Å². The van der Waals surface area contributed by atoms with Gasteiger partial charge in [-0.05, 0) is 30.9 Å². The second-order valence-corrected chi connectivity index (χ2v) is 9.90. The second-order valence-electron chi connectivity index (χ2n) is 8.40. The third-order valence-electron chi connectivity index (χ3n) is 5.94. The lowest BCUT2D eigenvalue weighted by molar-refractivity contribution is -0.165. The summed E-state index contributed by atoms with van der Waals surface area (Å²) in [6.07, 6.45) is 4.65. The van der Waals surface area contributed by atoms with Gasteiger partial charge in [-0.3, -0.25) is 4.79 Å². The first-order chi connectivity index (χ1) is 17.9. The van der Waals surface area contributed by atoms with Gasteiger partial charge >= 0.3 is 0 Å². The molecule has 1 aliphatic heterocycles. The molecule has 37 heavy (non-hydrogen) atoms. The Morgan fingerprint density at radius 1 is 1.11 bits per heavy atom. The average Bonchev–Trinajstić information content (AvgIpc) is 2.91. The van der Waals surface area contributed by atoms with E-state index in [4.69, 9.17) is 24.1 Å². The number of sulfonamides is 1. The number of methoxy groups -OCH3 is 1. The fourth-order valence-electron chi connectivity index (χ4n) is 4.26.